The van der Waals surface area contributed by atoms with E-state index in [1.54, 1.807) is 24.3 Å². The number of fused-ring (bicyclic) bond motifs is 3. The molecule has 1 aliphatic carbocycles. The van der Waals surface area contributed by atoms with Crippen molar-refractivity contribution in [3.8, 4) is 5.75 Å². The minimum Gasteiger partial charge on any atom is -0.508 e. The molecule has 1 amide bonds. The fraction of sp³-hybridized carbons (Fsp3) is 0.294. The van der Waals surface area contributed by atoms with Crippen LogP contribution in [0.3, 0.4) is 0 Å². The summed E-state index contributed by atoms with van der Waals surface area (Å²) in [6.07, 6.45) is 5.92. The first-order valence-electron chi connectivity index (χ1n) is 7.41. The first-order valence-corrected chi connectivity index (χ1v) is 7.41. The van der Waals surface area contributed by atoms with Crippen LogP contribution in [0, 0.1) is 6.92 Å². The van der Waals surface area contributed by atoms with Crippen LogP contribution in [-0.2, 0) is 4.84 Å². The molecule has 2 atom stereocenters. The maximum absolute atomic E-state index is 12.8. The molecular weight excluding hydrogens is 280 g/mol. The summed E-state index contributed by atoms with van der Waals surface area (Å²) in [7, 11) is 0. The number of pyridine rings is 1. The number of aromatic hydroxyl groups is 1. The number of phenols is 1. The van der Waals surface area contributed by atoms with Crippen LogP contribution < -0.4 is 0 Å². The van der Waals surface area contributed by atoms with E-state index in [1.807, 2.05) is 19.1 Å². The average molecular weight is 296 g/mol. The lowest BCUT2D eigenvalue weighted by Crippen LogP contribution is -2.48. The van der Waals surface area contributed by atoms with E-state index in [2.05, 4.69) is 4.98 Å². The fourth-order valence-electron chi connectivity index (χ4n) is 3.08. The highest BCUT2D eigenvalue weighted by atomic mass is 16.7. The van der Waals surface area contributed by atoms with Crippen LogP contribution in [0.4, 0.5) is 0 Å². The number of carbonyl (C=O) groups excluding carboxylic acids is 1. The van der Waals surface area contributed by atoms with E-state index >= 15 is 0 Å². The highest BCUT2D eigenvalue weighted by Gasteiger charge is 2.35. The van der Waals surface area contributed by atoms with Gasteiger partial charge in [0.25, 0.3) is 5.91 Å². The van der Waals surface area contributed by atoms with E-state index in [-0.39, 0.29) is 23.8 Å². The third kappa shape index (κ3) is 2.05. The van der Waals surface area contributed by atoms with Crippen LogP contribution in [0.1, 0.15) is 28.9 Å². The lowest BCUT2D eigenvalue weighted by molar-refractivity contribution is -0.197. The molecule has 1 N–H and O–H groups in total. The minimum absolute atomic E-state index is 0.00299. The van der Waals surface area contributed by atoms with Gasteiger partial charge in [-0.3, -0.25) is 14.6 Å². The van der Waals surface area contributed by atoms with Crippen molar-refractivity contribution in [3.63, 3.8) is 0 Å². The van der Waals surface area contributed by atoms with Gasteiger partial charge in [-0.25, -0.2) is 5.06 Å². The second kappa shape index (κ2) is 4.81. The van der Waals surface area contributed by atoms with Gasteiger partial charge < -0.3 is 5.11 Å². The lowest BCUT2D eigenvalue weighted by atomic mass is 9.97. The summed E-state index contributed by atoms with van der Waals surface area (Å²) in [5.41, 5.74) is 1.93. The first kappa shape index (κ1) is 13.3. The molecule has 2 aromatic rings. The lowest BCUT2D eigenvalue weighted by Gasteiger charge is -2.40. The number of phenolic OH excluding ortho intramolecular Hbond substituents is 1. The van der Waals surface area contributed by atoms with Crippen LogP contribution in [0.15, 0.2) is 36.4 Å². The maximum Gasteiger partial charge on any atom is 0.279 e. The molecule has 112 valence electrons. The molecule has 5 heteroatoms. The van der Waals surface area contributed by atoms with Gasteiger partial charge in [0.2, 0.25) is 0 Å². The third-order valence-electron chi connectivity index (χ3n) is 4.26. The van der Waals surface area contributed by atoms with Gasteiger partial charge in [-0.05, 0) is 44.0 Å². The smallest absolute Gasteiger partial charge is 0.279 e. The molecule has 2 unspecified atom stereocenters. The quantitative estimate of drug-likeness (QED) is 0.822. The molecule has 0 saturated carbocycles. The summed E-state index contributed by atoms with van der Waals surface area (Å²) in [6, 6.07) is 6.72. The Morgan fingerprint density at radius 3 is 2.86 bits per heavy atom. The highest BCUT2D eigenvalue weighted by molar-refractivity contribution is 5.98. The van der Waals surface area contributed by atoms with E-state index in [0.29, 0.717) is 11.3 Å². The van der Waals surface area contributed by atoms with E-state index in [4.69, 9.17) is 4.84 Å². The van der Waals surface area contributed by atoms with Crippen LogP contribution in [0.25, 0.3) is 10.9 Å². The Morgan fingerprint density at radius 1 is 1.32 bits per heavy atom. The van der Waals surface area contributed by atoms with Crippen molar-refractivity contribution in [2.45, 2.75) is 31.9 Å². The zero-order valence-corrected chi connectivity index (χ0v) is 12.2. The number of hydroxylamine groups is 2. The summed E-state index contributed by atoms with van der Waals surface area (Å²) in [5, 5.41) is 11.8. The topological polar surface area (TPSA) is 62.7 Å². The van der Waals surface area contributed by atoms with Crippen LogP contribution in [0.5, 0.6) is 5.75 Å². The predicted molar refractivity (Wildman–Crippen MR) is 81.3 cm³/mol. The van der Waals surface area contributed by atoms with Gasteiger partial charge in [-0.15, -0.1) is 0 Å². The van der Waals surface area contributed by atoms with Crippen molar-refractivity contribution in [2.75, 3.05) is 0 Å². The number of nitrogens with zero attached hydrogens (tertiary/aromatic N) is 2. The van der Waals surface area contributed by atoms with Crippen molar-refractivity contribution in [3.05, 3.63) is 47.7 Å². The molecule has 3 heterocycles. The Balaban J connectivity index is 1.75. The molecule has 5 rings (SSSR count). The molecule has 3 aliphatic rings. The number of hydrogen-bond acceptors (Lipinski definition) is 4. The second-order valence-electron chi connectivity index (χ2n) is 5.80. The maximum atomic E-state index is 12.8. The van der Waals surface area contributed by atoms with Gasteiger partial charge in [-0.1, -0.05) is 12.2 Å². The van der Waals surface area contributed by atoms with Crippen molar-refractivity contribution in [1.82, 2.24) is 10.0 Å². The molecule has 1 aromatic carbocycles. The Kier molecular flexibility index (Phi) is 2.90. The van der Waals surface area contributed by atoms with E-state index in [1.165, 1.54) is 5.06 Å². The number of aryl methyl sites for hydroxylation is 1. The van der Waals surface area contributed by atoms with Gasteiger partial charge in [0.05, 0.1) is 22.8 Å². The van der Waals surface area contributed by atoms with E-state index in [0.717, 1.165) is 23.7 Å². The number of benzene rings is 1. The zero-order valence-electron chi connectivity index (χ0n) is 12.2. The Morgan fingerprint density at radius 2 is 2.18 bits per heavy atom. The van der Waals surface area contributed by atoms with Crippen LogP contribution in [0.2, 0.25) is 0 Å². The molecule has 2 bridgehead atoms. The second-order valence-corrected chi connectivity index (χ2v) is 5.80. The van der Waals surface area contributed by atoms with Crippen LogP contribution >= 0.6 is 0 Å². The standard InChI is InChI=1S/C17H16N2O3/c1-10-15(9-11-8-13(20)4-7-16(11)18-10)17(21)19-12-2-5-14(22-19)6-3-12/h2,4-5,7-9,12,14,20H,3,6H2,1H3. The summed E-state index contributed by atoms with van der Waals surface area (Å²) >= 11 is 0. The normalized spacial score (nSPS) is 23.2. The summed E-state index contributed by atoms with van der Waals surface area (Å²) in [6.45, 7) is 1.82. The van der Waals surface area contributed by atoms with Crippen LogP contribution in [-0.4, -0.2) is 33.2 Å². The fourth-order valence-corrected chi connectivity index (χ4v) is 3.08. The molecule has 1 aromatic heterocycles. The summed E-state index contributed by atoms with van der Waals surface area (Å²) < 4.78 is 0. The number of rotatable bonds is 1. The Labute approximate surface area is 127 Å². The average Bonchev–Trinajstić information content (AvgIpc) is 2.55. The summed E-state index contributed by atoms with van der Waals surface area (Å²) in [5.74, 6) is -0.0120. The third-order valence-corrected chi connectivity index (χ3v) is 4.26. The largest absolute Gasteiger partial charge is 0.508 e. The van der Waals surface area contributed by atoms with Crippen molar-refractivity contribution in [1.29, 1.82) is 0 Å². The first-order chi connectivity index (χ1) is 10.6. The molecule has 1 fully saturated rings. The zero-order chi connectivity index (χ0) is 15.3. The van der Waals surface area contributed by atoms with Crippen molar-refractivity contribution < 1.29 is 14.7 Å². The van der Waals surface area contributed by atoms with Crippen molar-refractivity contribution in [2.24, 2.45) is 0 Å². The van der Waals surface area contributed by atoms with Gasteiger partial charge in [0.1, 0.15) is 11.9 Å². The van der Waals surface area contributed by atoms with Gasteiger partial charge >= 0.3 is 0 Å². The Hall–Kier alpha value is -2.40. The molecular formula is C17H16N2O3. The monoisotopic (exact) mass is 296 g/mol. The van der Waals surface area contributed by atoms with E-state index in [9.17, 15) is 9.90 Å². The molecule has 0 spiro atoms. The molecule has 1 saturated heterocycles. The Bertz CT molecular complexity index is 800. The predicted octanol–water partition coefficient (Wildman–Crippen LogP) is 2.72. The van der Waals surface area contributed by atoms with Gasteiger partial charge in [0.15, 0.2) is 0 Å². The number of amides is 1. The van der Waals surface area contributed by atoms with E-state index < -0.39 is 0 Å². The SMILES string of the molecule is Cc1nc2ccc(O)cc2cc1C(=O)N1OC2C=CC1CC2. The van der Waals surface area contributed by atoms with Gasteiger partial charge in [0, 0.05) is 5.39 Å². The number of hydrogen-bond donors (Lipinski definition) is 1. The van der Waals surface area contributed by atoms with Crippen molar-refractivity contribution >= 4 is 16.8 Å². The summed E-state index contributed by atoms with van der Waals surface area (Å²) in [4.78, 5) is 23.0. The molecule has 22 heavy (non-hydrogen) atoms. The molecule has 5 nitrogen and oxygen atoms in total. The number of carbonyl (C=O) groups is 1. The van der Waals surface area contributed by atoms with Gasteiger partial charge in [-0.2, -0.15) is 0 Å². The molecule has 2 aliphatic heterocycles. The highest BCUT2D eigenvalue weighted by Crippen LogP contribution is 2.30. The molecule has 0 radical (unpaired) electrons. The number of aromatic nitrogens is 1. The minimum atomic E-state index is -0.172.